The summed E-state index contributed by atoms with van der Waals surface area (Å²) in [6.07, 6.45) is 9.17. The highest BCUT2D eigenvalue weighted by molar-refractivity contribution is 6.13. The zero-order valence-electron chi connectivity index (χ0n) is 28.8. The summed E-state index contributed by atoms with van der Waals surface area (Å²) >= 11 is 0. The number of benzene rings is 1. The number of carbonyl (C=O) groups is 1. The van der Waals surface area contributed by atoms with Gasteiger partial charge in [-0.05, 0) is 76.3 Å². The van der Waals surface area contributed by atoms with Gasteiger partial charge in [-0.25, -0.2) is 18.0 Å². The van der Waals surface area contributed by atoms with E-state index >= 15 is 0 Å². The minimum Gasteiger partial charge on any atom is -0.325 e. The maximum Gasteiger partial charge on any atom is 0.352 e. The number of urea groups is 1. The van der Waals surface area contributed by atoms with Crippen molar-refractivity contribution in [1.82, 2.24) is 15.1 Å². The molecule has 0 aromatic heterocycles. The van der Waals surface area contributed by atoms with Crippen LogP contribution in [0.5, 0.6) is 0 Å². The van der Waals surface area contributed by atoms with E-state index in [0.29, 0.717) is 23.9 Å². The Balaban J connectivity index is 2.03. The number of hydrogen-bond donors (Lipinski definition) is 1. The lowest BCUT2D eigenvalue weighted by atomic mass is 9.95. The van der Waals surface area contributed by atoms with Crippen molar-refractivity contribution in [3.63, 3.8) is 0 Å². The maximum absolute atomic E-state index is 14.9. The van der Waals surface area contributed by atoms with Crippen LogP contribution >= 0.6 is 0 Å². The molecule has 1 N–H and O–H groups in total. The van der Waals surface area contributed by atoms with Crippen LogP contribution in [0, 0.1) is 35.2 Å². The molecular weight excluding hydrogens is 601 g/mol. The minimum absolute atomic E-state index is 0.0128. The van der Waals surface area contributed by atoms with E-state index in [1.165, 1.54) is 9.80 Å². The number of hydrogen-bond acceptors (Lipinski definition) is 5. The third-order valence-electron chi connectivity index (χ3n) is 8.23. The molecule has 2 atom stereocenters. The van der Waals surface area contributed by atoms with E-state index < -0.39 is 23.5 Å². The minimum atomic E-state index is -1.29. The Labute approximate surface area is 277 Å². The molecule has 0 bridgehead atoms. The average molecular weight is 649 g/mol. The first kappa shape index (κ1) is 37.1. The Morgan fingerprint density at radius 2 is 1.74 bits per heavy atom. The SMILES string of the molecule is C=C1N(C/C(C)=N/C(C)C(C)C#CCC)C(=O)N=C(NC2=CC(=C/C)/C(=N\C(CC)CC)C=C2CC)N1Cc1cc(F)c(F)cc1F. The van der Waals surface area contributed by atoms with Gasteiger partial charge in [-0.15, -0.1) is 5.92 Å². The number of nitrogens with one attached hydrogen (secondary N) is 1. The molecular formula is C37H47F3N6O. The van der Waals surface area contributed by atoms with E-state index in [0.717, 1.165) is 42.2 Å². The number of amides is 2. The molecule has 2 unspecified atom stereocenters. The van der Waals surface area contributed by atoms with Gasteiger partial charge in [-0.3, -0.25) is 19.8 Å². The van der Waals surface area contributed by atoms with Gasteiger partial charge >= 0.3 is 6.03 Å². The second-order valence-electron chi connectivity index (χ2n) is 11.7. The Kier molecular flexibility index (Phi) is 13.4. The van der Waals surface area contributed by atoms with Crippen molar-refractivity contribution >= 4 is 23.4 Å². The molecule has 10 heteroatoms. The van der Waals surface area contributed by atoms with Crippen molar-refractivity contribution in [2.45, 2.75) is 99.7 Å². The monoisotopic (exact) mass is 648 g/mol. The van der Waals surface area contributed by atoms with Crippen LogP contribution in [0.1, 0.15) is 86.6 Å². The summed E-state index contributed by atoms with van der Waals surface area (Å²) in [4.78, 5) is 30.4. The number of aliphatic imine (C=N–C) groups is 3. The molecule has 47 heavy (non-hydrogen) atoms. The number of rotatable bonds is 11. The number of guanidine groups is 1. The largest absolute Gasteiger partial charge is 0.352 e. The molecule has 0 fully saturated rings. The molecule has 1 heterocycles. The molecule has 252 valence electrons. The first-order valence-corrected chi connectivity index (χ1v) is 16.3. The lowest BCUT2D eigenvalue weighted by molar-refractivity contribution is 0.207. The Morgan fingerprint density at radius 1 is 1.06 bits per heavy atom. The molecule has 1 aromatic rings. The topological polar surface area (TPSA) is 72.7 Å². The highest BCUT2D eigenvalue weighted by atomic mass is 19.2. The average Bonchev–Trinajstić information content (AvgIpc) is 3.04. The molecule has 2 aliphatic rings. The summed E-state index contributed by atoms with van der Waals surface area (Å²) in [5, 5.41) is 3.27. The number of allylic oxidation sites excluding steroid dienone is 5. The van der Waals surface area contributed by atoms with Gasteiger partial charge in [0.15, 0.2) is 11.6 Å². The van der Waals surface area contributed by atoms with Gasteiger partial charge < -0.3 is 5.32 Å². The van der Waals surface area contributed by atoms with Crippen molar-refractivity contribution < 1.29 is 18.0 Å². The molecule has 0 saturated carbocycles. The fraction of sp³-hybridized carbons (Fsp3) is 0.459. The quantitative estimate of drug-likeness (QED) is 0.149. The van der Waals surface area contributed by atoms with Crippen LogP contribution in [-0.4, -0.2) is 51.8 Å². The van der Waals surface area contributed by atoms with Gasteiger partial charge in [-0.1, -0.05) is 46.3 Å². The summed E-state index contributed by atoms with van der Waals surface area (Å²) in [7, 11) is 0. The number of carbonyl (C=O) groups excluding carboxylic acids is 1. The van der Waals surface area contributed by atoms with Crippen LogP contribution in [0.25, 0.3) is 0 Å². The molecule has 0 saturated heterocycles. The molecule has 7 nitrogen and oxygen atoms in total. The molecule has 1 aliphatic carbocycles. The van der Waals surface area contributed by atoms with E-state index in [1.54, 1.807) is 6.92 Å². The zero-order valence-corrected chi connectivity index (χ0v) is 28.8. The van der Waals surface area contributed by atoms with Crippen LogP contribution in [-0.2, 0) is 6.54 Å². The Bertz CT molecular complexity index is 1600. The van der Waals surface area contributed by atoms with Gasteiger partial charge in [0, 0.05) is 35.4 Å². The second-order valence-corrected chi connectivity index (χ2v) is 11.7. The van der Waals surface area contributed by atoms with E-state index in [2.05, 4.69) is 42.6 Å². The normalized spacial score (nSPS) is 18.6. The van der Waals surface area contributed by atoms with Crippen molar-refractivity contribution in [2.24, 2.45) is 20.9 Å². The fourth-order valence-corrected chi connectivity index (χ4v) is 5.17. The molecule has 1 aromatic carbocycles. The van der Waals surface area contributed by atoms with Crippen LogP contribution in [0.3, 0.4) is 0 Å². The fourth-order valence-electron chi connectivity index (χ4n) is 5.17. The number of halogens is 3. The summed E-state index contributed by atoms with van der Waals surface area (Å²) in [5.74, 6) is 3.11. The maximum atomic E-state index is 14.9. The first-order valence-electron chi connectivity index (χ1n) is 16.3. The standard InChI is InChI=1S/C37H47F3N6O/c1-10-15-16-23(6)25(8)41-24(7)21-46-26(9)45(22-29-17-32(39)33(40)20-31(29)38)36(44-37(46)47)43-35-19-27(11-2)34(18-28(35)12-3)42-30(13-4)14-5/h11,17-20,23,25,30H,9-10,12-14,21-22H2,1-8H3,(H,43,44,47)/b27-11-,41-24+,42-34-. The molecule has 1 aliphatic heterocycles. The lowest BCUT2D eigenvalue weighted by Crippen LogP contribution is -2.51. The summed E-state index contributed by atoms with van der Waals surface area (Å²) in [6.45, 7) is 19.9. The van der Waals surface area contributed by atoms with Gasteiger partial charge in [0.1, 0.15) is 11.6 Å². The third kappa shape index (κ3) is 9.34. The Hall–Kier alpha value is -4.39. The van der Waals surface area contributed by atoms with E-state index in [9.17, 15) is 18.0 Å². The molecule has 0 spiro atoms. The van der Waals surface area contributed by atoms with Gasteiger partial charge in [0.25, 0.3) is 0 Å². The second kappa shape index (κ2) is 17.0. The highest BCUT2D eigenvalue weighted by Crippen LogP contribution is 2.27. The molecule has 0 radical (unpaired) electrons. The highest BCUT2D eigenvalue weighted by Gasteiger charge is 2.33. The Morgan fingerprint density at radius 3 is 2.36 bits per heavy atom. The van der Waals surface area contributed by atoms with Crippen molar-refractivity contribution in [1.29, 1.82) is 0 Å². The predicted molar refractivity (Wildman–Crippen MR) is 185 cm³/mol. The van der Waals surface area contributed by atoms with Crippen molar-refractivity contribution in [3.8, 4) is 11.8 Å². The van der Waals surface area contributed by atoms with Crippen molar-refractivity contribution in [2.75, 3.05) is 6.54 Å². The first-order chi connectivity index (χ1) is 22.4. The summed E-state index contributed by atoms with van der Waals surface area (Å²) < 4.78 is 43.0. The van der Waals surface area contributed by atoms with Crippen LogP contribution in [0.15, 0.2) is 74.6 Å². The third-order valence-corrected chi connectivity index (χ3v) is 8.23. The van der Waals surface area contributed by atoms with Crippen molar-refractivity contribution in [3.05, 3.63) is 82.6 Å². The smallest absolute Gasteiger partial charge is 0.325 e. The van der Waals surface area contributed by atoms with Gasteiger partial charge in [0.2, 0.25) is 5.96 Å². The van der Waals surface area contributed by atoms with Gasteiger partial charge in [0.05, 0.1) is 30.9 Å². The van der Waals surface area contributed by atoms with E-state index in [1.807, 2.05) is 52.8 Å². The van der Waals surface area contributed by atoms with Crippen LogP contribution < -0.4 is 5.32 Å². The predicted octanol–water partition coefficient (Wildman–Crippen LogP) is 8.47. The number of nitrogens with zero attached hydrogens (tertiary/aromatic N) is 5. The van der Waals surface area contributed by atoms with Crippen LogP contribution in [0.4, 0.5) is 18.0 Å². The summed E-state index contributed by atoms with van der Waals surface area (Å²) in [6, 6.07) is 0.787. The molecule has 2 amide bonds. The lowest BCUT2D eigenvalue weighted by Gasteiger charge is -2.38. The van der Waals surface area contributed by atoms with Crippen LogP contribution in [0.2, 0.25) is 0 Å². The zero-order chi connectivity index (χ0) is 34.8. The molecule has 3 rings (SSSR count). The van der Waals surface area contributed by atoms with E-state index in [4.69, 9.17) is 9.98 Å². The van der Waals surface area contributed by atoms with E-state index in [-0.39, 0.29) is 48.4 Å². The van der Waals surface area contributed by atoms with Gasteiger partial charge in [-0.2, -0.15) is 4.99 Å². The summed E-state index contributed by atoms with van der Waals surface area (Å²) in [5.41, 5.74) is 3.91.